The van der Waals surface area contributed by atoms with Crippen LogP contribution < -0.4 is 15.8 Å². The molecule has 0 aliphatic carbocycles. The standard InChI is InChI=1S/C10H10N4O2S2/c1-16-6-2-3-18-7(6)10(15)13-9-5(8(11)17)4-12-14-9/h2-4H,1H3,(H2,11,17)(H2,12,13,14,15). The number of hydrogen-bond donors (Lipinski definition) is 3. The van der Waals surface area contributed by atoms with Gasteiger partial charge in [0.25, 0.3) is 5.91 Å². The highest BCUT2D eigenvalue weighted by molar-refractivity contribution is 7.80. The summed E-state index contributed by atoms with van der Waals surface area (Å²) in [6.45, 7) is 0. The van der Waals surface area contributed by atoms with Crippen LogP contribution in [0.3, 0.4) is 0 Å². The number of nitrogens with one attached hydrogen (secondary N) is 2. The van der Waals surface area contributed by atoms with E-state index in [0.29, 0.717) is 22.0 Å². The van der Waals surface area contributed by atoms with Crippen LogP contribution in [-0.2, 0) is 0 Å². The molecule has 0 aliphatic heterocycles. The summed E-state index contributed by atoms with van der Waals surface area (Å²) < 4.78 is 5.08. The fourth-order valence-corrected chi connectivity index (χ4v) is 2.27. The summed E-state index contributed by atoms with van der Waals surface area (Å²) in [6, 6.07) is 1.72. The van der Waals surface area contributed by atoms with E-state index < -0.39 is 0 Å². The second kappa shape index (κ2) is 5.15. The molecule has 0 fully saturated rings. The molecule has 0 spiro atoms. The maximum atomic E-state index is 12.0. The highest BCUT2D eigenvalue weighted by Crippen LogP contribution is 2.25. The van der Waals surface area contributed by atoms with Crippen molar-refractivity contribution in [2.75, 3.05) is 12.4 Å². The van der Waals surface area contributed by atoms with Crippen molar-refractivity contribution in [3.8, 4) is 5.75 Å². The van der Waals surface area contributed by atoms with E-state index in [4.69, 9.17) is 22.7 Å². The molecule has 94 valence electrons. The van der Waals surface area contributed by atoms with Crippen molar-refractivity contribution >= 4 is 40.3 Å². The molecule has 0 aromatic carbocycles. The molecule has 18 heavy (non-hydrogen) atoms. The molecule has 2 aromatic rings. The number of H-pyrrole nitrogens is 1. The Kier molecular flexibility index (Phi) is 3.58. The van der Waals surface area contributed by atoms with Gasteiger partial charge in [0.2, 0.25) is 0 Å². The van der Waals surface area contributed by atoms with Crippen molar-refractivity contribution in [1.82, 2.24) is 10.2 Å². The van der Waals surface area contributed by atoms with Gasteiger partial charge in [-0.25, -0.2) is 0 Å². The van der Waals surface area contributed by atoms with E-state index in [1.807, 2.05) is 0 Å². The highest BCUT2D eigenvalue weighted by Gasteiger charge is 2.17. The van der Waals surface area contributed by atoms with E-state index in [1.165, 1.54) is 24.6 Å². The Morgan fingerprint density at radius 3 is 3.11 bits per heavy atom. The second-order valence-corrected chi connectivity index (χ2v) is 4.65. The molecule has 2 rings (SSSR count). The molecular weight excluding hydrogens is 272 g/mol. The maximum Gasteiger partial charge on any atom is 0.270 e. The Bertz CT molecular complexity index is 590. The lowest BCUT2D eigenvalue weighted by atomic mass is 10.3. The van der Waals surface area contributed by atoms with Crippen LogP contribution in [0.1, 0.15) is 15.2 Å². The summed E-state index contributed by atoms with van der Waals surface area (Å²) in [7, 11) is 1.51. The van der Waals surface area contributed by atoms with Crippen molar-refractivity contribution < 1.29 is 9.53 Å². The Morgan fingerprint density at radius 2 is 2.44 bits per heavy atom. The number of nitrogens with two attached hydrogens (primary N) is 1. The molecule has 1 amide bonds. The van der Waals surface area contributed by atoms with E-state index in [9.17, 15) is 4.79 Å². The number of amides is 1. The summed E-state index contributed by atoms with van der Waals surface area (Å²) in [6.07, 6.45) is 1.46. The summed E-state index contributed by atoms with van der Waals surface area (Å²) in [5, 5.41) is 10.8. The van der Waals surface area contributed by atoms with Gasteiger partial charge < -0.3 is 15.8 Å². The van der Waals surface area contributed by atoms with Gasteiger partial charge in [-0.1, -0.05) is 12.2 Å². The summed E-state index contributed by atoms with van der Waals surface area (Å²) in [4.78, 5) is 12.7. The van der Waals surface area contributed by atoms with E-state index in [-0.39, 0.29) is 10.9 Å². The zero-order valence-electron chi connectivity index (χ0n) is 9.39. The first kappa shape index (κ1) is 12.5. The SMILES string of the molecule is COc1ccsc1C(=O)Nc1[nH]ncc1C(N)=S. The number of methoxy groups -OCH3 is 1. The van der Waals surface area contributed by atoms with Crippen LogP contribution >= 0.6 is 23.6 Å². The van der Waals surface area contributed by atoms with E-state index in [2.05, 4.69) is 15.5 Å². The van der Waals surface area contributed by atoms with Crippen LogP contribution in [0.25, 0.3) is 0 Å². The van der Waals surface area contributed by atoms with Crippen LogP contribution in [0.2, 0.25) is 0 Å². The molecule has 0 atom stereocenters. The Morgan fingerprint density at radius 1 is 1.67 bits per heavy atom. The van der Waals surface area contributed by atoms with Gasteiger partial charge in [0, 0.05) is 0 Å². The third-order valence-corrected chi connectivity index (χ3v) is 3.31. The molecule has 0 aliphatic rings. The summed E-state index contributed by atoms with van der Waals surface area (Å²) in [5.74, 6) is 0.598. The second-order valence-electron chi connectivity index (χ2n) is 3.30. The first-order valence-electron chi connectivity index (χ1n) is 4.89. The number of nitrogens with zero attached hydrogens (tertiary/aromatic N) is 1. The van der Waals surface area contributed by atoms with Crippen molar-refractivity contribution in [1.29, 1.82) is 0 Å². The van der Waals surface area contributed by atoms with Gasteiger partial charge in [0.05, 0.1) is 18.9 Å². The average molecular weight is 282 g/mol. The van der Waals surface area contributed by atoms with Gasteiger partial charge in [0.1, 0.15) is 21.4 Å². The molecule has 2 heterocycles. The van der Waals surface area contributed by atoms with Gasteiger partial charge in [-0.05, 0) is 11.4 Å². The van der Waals surface area contributed by atoms with Gasteiger partial charge in [-0.2, -0.15) is 5.10 Å². The predicted octanol–water partition coefficient (Wildman–Crippen LogP) is 1.37. The first-order chi connectivity index (χ1) is 8.63. The largest absolute Gasteiger partial charge is 0.495 e. The average Bonchev–Trinajstić information content (AvgIpc) is 2.96. The van der Waals surface area contributed by atoms with Crippen LogP contribution in [0.4, 0.5) is 5.82 Å². The zero-order valence-corrected chi connectivity index (χ0v) is 11.0. The van der Waals surface area contributed by atoms with Gasteiger partial charge in [-0.15, -0.1) is 11.3 Å². The Hall–Kier alpha value is -1.93. The van der Waals surface area contributed by atoms with Crippen molar-refractivity contribution in [2.24, 2.45) is 5.73 Å². The van der Waals surface area contributed by atoms with Crippen LogP contribution in [0, 0.1) is 0 Å². The van der Waals surface area contributed by atoms with Crippen molar-refractivity contribution in [3.63, 3.8) is 0 Å². The fourth-order valence-electron chi connectivity index (χ4n) is 1.36. The third-order valence-electron chi connectivity index (χ3n) is 2.20. The molecular formula is C10H10N4O2S2. The quantitative estimate of drug-likeness (QED) is 0.736. The van der Waals surface area contributed by atoms with Gasteiger partial charge in [0.15, 0.2) is 0 Å². The minimum absolute atomic E-state index is 0.164. The number of hydrogen-bond acceptors (Lipinski definition) is 5. The van der Waals surface area contributed by atoms with Crippen molar-refractivity contribution in [3.05, 3.63) is 28.1 Å². The van der Waals surface area contributed by atoms with Crippen LogP contribution in [0.15, 0.2) is 17.6 Å². The molecule has 0 saturated carbocycles. The molecule has 8 heteroatoms. The van der Waals surface area contributed by atoms with Gasteiger partial charge in [-0.3, -0.25) is 9.89 Å². The summed E-state index contributed by atoms with van der Waals surface area (Å²) in [5.41, 5.74) is 6.00. The van der Waals surface area contributed by atoms with Crippen LogP contribution in [-0.4, -0.2) is 28.2 Å². The monoisotopic (exact) mass is 282 g/mol. The van der Waals surface area contributed by atoms with Crippen molar-refractivity contribution in [2.45, 2.75) is 0 Å². The molecule has 0 unspecified atom stereocenters. The van der Waals surface area contributed by atoms with Crippen LogP contribution in [0.5, 0.6) is 5.75 Å². The smallest absolute Gasteiger partial charge is 0.270 e. The number of carbonyl (C=O) groups is 1. The first-order valence-corrected chi connectivity index (χ1v) is 6.18. The number of aromatic nitrogens is 2. The summed E-state index contributed by atoms with van der Waals surface area (Å²) >= 11 is 6.13. The third kappa shape index (κ3) is 2.34. The van der Waals surface area contributed by atoms with E-state index in [1.54, 1.807) is 11.4 Å². The number of thiophene rings is 1. The molecule has 2 aromatic heterocycles. The van der Waals surface area contributed by atoms with E-state index >= 15 is 0 Å². The molecule has 0 bridgehead atoms. The lowest BCUT2D eigenvalue weighted by molar-refractivity contribution is 0.102. The lowest BCUT2D eigenvalue weighted by Gasteiger charge is -2.05. The fraction of sp³-hybridized carbons (Fsp3) is 0.100. The number of ether oxygens (including phenoxy) is 1. The molecule has 4 N–H and O–H groups in total. The number of thiocarbonyl (C=S) groups is 1. The number of anilines is 1. The molecule has 0 saturated heterocycles. The lowest BCUT2D eigenvalue weighted by Crippen LogP contribution is -2.16. The number of rotatable bonds is 4. The molecule has 6 nitrogen and oxygen atoms in total. The normalized spacial score (nSPS) is 10.1. The maximum absolute atomic E-state index is 12.0. The molecule has 0 radical (unpaired) electrons. The predicted molar refractivity (Wildman–Crippen MR) is 73.3 cm³/mol. The zero-order chi connectivity index (χ0) is 13.1. The van der Waals surface area contributed by atoms with Gasteiger partial charge >= 0.3 is 0 Å². The Labute approximate surface area is 112 Å². The highest BCUT2D eigenvalue weighted by atomic mass is 32.1. The minimum Gasteiger partial charge on any atom is -0.495 e. The topological polar surface area (TPSA) is 93.0 Å². The van der Waals surface area contributed by atoms with E-state index in [0.717, 1.165) is 0 Å². The Balaban J connectivity index is 2.22. The minimum atomic E-state index is -0.302. The number of carbonyl (C=O) groups excluding carboxylic acids is 1. The number of aromatic amines is 1.